The standard InChI is InChI=1S/C15H16BrFN2O2S/c1-19(10-13-5-6-14(16)22-13)15(20)18-7-8-21-12-4-2-3-11(17)9-12/h2-6,9H,7-8,10H2,1H3,(H,18,20). The molecular formula is C15H16BrFN2O2S. The minimum Gasteiger partial charge on any atom is -0.492 e. The van der Waals surface area contributed by atoms with Crippen molar-refractivity contribution in [2.45, 2.75) is 6.54 Å². The number of hydrogen-bond acceptors (Lipinski definition) is 3. The van der Waals surface area contributed by atoms with Gasteiger partial charge in [0.2, 0.25) is 0 Å². The number of hydrogen-bond donors (Lipinski definition) is 1. The van der Waals surface area contributed by atoms with Crippen LogP contribution in [0.3, 0.4) is 0 Å². The van der Waals surface area contributed by atoms with E-state index in [0.717, 1.165) is 8.66 Å². The maximum absolute atomic E-state index is 13.0. The summed E-state index contributed by atoms with van der Waals surface area (Å²) in [5.41, 5.74) is 0. The van der Waals surface area contributed by atoms with Crippen LogP contribution in [-0.4, -0.2) is 31.1 Å². The molecule has 0 bridgehead atoms. The van der Waals surface area contributed by atoms with Crippen molar-refractivity contribution in [3.63, 3.8) is 0 Å². The van der Waals surface area contributed by atoms with Gasteiger partial charge >= 0.3 is 6.03 Å². The summed E-state index contributed by atoms with van der Waals surface area (Å²) < 4.78 is 19.4. The van der Waals surface area contributed by atoms with E-state index in [1.54, 1.807) is 35.4 Å². The summed E-state index contributed by atoms with van der Waals surface area (Å²) >= 11 is 4.99. The van der Waals surface area contributed by atoms with Crippen molar-refractivity contribution in [2.24, 2.45) is 0 Å². The number of nitrogens with zero attached hydrogens (tertiary/aromatic N) is 1. The van der Waals surface area contributed by atoms with Crippen molar-refractivity contribution >= 4 is 33.3 Å². The lowest BCUT2D eigenvalue weighted by molar-refractivity contribution is 0.204. The smallest absolute Gasteiger partial charge is 0.317 e. The molecule has 0 saturated carbocycles. The van der Waals surface area contributed by atoms with Crippen LogP contribution in [0, 0.1) is 5.82 Å². The van der Waals surface area contributed by atoms with E-state index < -0.39 is 0 Å². The van der Waals surface area contributed by atoms with Gasteiger partial charge in [0.05, 0.1) is 16.9 Å². The Kier molecular flexibility index (Phi) is 6.21. The molecule has 0 aliphatic carbocycles. The van der Waals surface area contributed by atoms with Gasteiger partial charge in [-0.05, 0) is 40.2 Å². The summed E-state index contributed by atoms with van der Waals surface area (Å²) in [5, 5.41) is 2.76. The number of carbonyl (C=O) groups is 1. The van der Waals surface area contributed by atoms with E-state index in [0.29, 0.717) is 18.8 Å². The molecule has 2 aromatic rings. The zero-order valence-electron chi connectivity index (χ0n) is 12.0. The van der Waals surface area contributed by atoms with Gasteiger partial charge in [-0.2, -0.15) is 0 Å². The Hall–Kier alpha value is -1.60. The summed E-state index contributed by atoms with van der Waals surface area (Å²) in [5.74, 6) is 0.106. The monoisotopic (exact) mass is 386 g/mol. The average Bonchev–Trinajstić information content (AvgIpc) is 2.88. The third-order valence-electron chi connectivity index (χ3n) is 2.81. The number of ether oxygens (including phenoxy) is 1. The van der Waals surface area contributed by atoms with E-state index in [1.807, 2.05) is 12.1 Å². The first-order valence-corrected chi connectivity index (χ1v) is 8.27. The Morgan fingerprint density at radius 2 is 2.23 bits per heavy atom. The zero-order valence-corrected chi connectivity index (χ0v) is 14.4. The minimum absolute atomic E-state index is 0.174. The second-order valence-corrected chi connectivity index (χ2v) is 7.15. The lowest BCUT2D eigenvalue weighted by Crippen LogP contribution is -2.38. The van der Waals surface area contributed by atoms with E-state index in [1.165, 1.54) is 12.1 Å². The number of thiophene rings is 1. The zero-order chi connectivity index (χ0) is 15.9. The first-order chi connectivity index (χ1) is 10.5. The van der Waals surface area contributed by atoms with Crippen LogP contribution in [-0.2, 0) is 6.54 Å². The van der Waals surface area contributed by atoms with Gasteiger partial charge in [-0.25, -0.2) is 9.18 Å². The fourth-order valence-corrected chi connectivity index (χ4v) is 3.30. The molecule has 2 amide bonds. The van der Waals surface area contributed by atoms with Gasteiger partial charge in [-0.15, -0.1) is 11.3 Å². The molecule has 0 spiro atoms. The Labute approximate surface area is 141 Å². The normalized spacial score (nSPS) is 10.3. The predicted octanol–water partition coefficient (Wildman–Crippen LogP) is 3.87. The summed E-state index contributed by atoms with van der Waals surface area (Å²) in [6.45, 7) is 1.19. The van der Waals surface area contributed by atoms with E-state index in [-0.39, 0.29) is 18.5 Å². The fourth-order valence-electron chi connectivity index (χ4n) is 1.76. The van der Waals surface area contributed by atoms with Crippen molar-refractivity contribution in [2.75, 3.05) is 20.2 Å². The van der Waals surface area contributed by atoms with Crippen LogP contribution in [0.2, 0.25) is 0 Å². The SMILES string of the molecule is CN(Cc1ccc(Br)s1)C(=O)NCCOc1cccc(F)c1. The quantitative estimate of drug-likeness (QED) is 0.765. The molecule has 4 nitrogen and oxygen atoms in total. The Balaban J connectivity index is 1.68. The fraction of sp³-hybridized carbons (Fsp3) is 0.267. The van der Waals surface area contributed by atoms with Crippen LogP contribution in [0.25, 0.3) is 0 Å². The number of halogens is 2. The average molecular weight is 387 g/mol. The molecule has 1 aromatic heterocycles. The van der Waals surface area contributed by atoms with Crippen LogP contribution >= 0.6 is 27.3 Å². The van der Waals surface area contributed by atoms with Crippen molar-refractivity contribution in [1.29, 1.82) is 0 Å². The van der Waals surface area contributed by atoms with Crippen LogP contribution in [0.15, 0.2) is 40.2 Å². The molecule has 0 aliphatic rings. The molecule has 22 heavy (non-hydrogen) atoms. The first kappa shape index (κ1) is 16.8. The predicted molar refractivity (Wildman–Crippen MR) is 88.8 cm³/mol. The summed E-state index contributed by atoms with van der Waals surface area (Å²) in [7, 11) is 1.73. The molecule has 1 N–H and O–H groups in total. The molecule has 0 atom stereocenters. The summed E-state index contributed by atoms with van der Waals surface area (Å²) in [6.07, 6.45) is 0. The summed E-state index contributed by atoms with van der Waals surface area (Å²) in [4.78, 5) is 14.6. The van der Waals surface area contributed by atoms with Gasteiger partial charge in [0, 0.05) is 18.0 Å². The number of urea groups is 1. The third-order valence-corrected chi connectivity index (χ3v) is 4.42. The molecular weight excluding hydrogens is 371 g/mol. The number of nitrogens with one attached hydrogen (secondary N) is 1. The van der Waals surface area contributed by atoms with Crippen molar-refractivity contribution < 1.29 is 13.9 Å². The molecule has 1 heterocycles. The highest BCUT2D eigenvalue weighted by Crippen LogP contribution is 2.22. The highest BCUT2D eigenvalue weighted by molar-refractivity contribution is 9.11. The Morgan fingerprint density at radius 3 is 2.91 bits per heavy atom. The number of rotatable bonds is 6. The van der Waals surface area contributed by atoms with Crippen LogP contribution in [0.1, 0.15) is 4.88 Å². The largest absolute Gasteiger partial charge is 0.492 e. The number of amides is 2. The lowest BCUT2D eigenvalue weighted by Gasteiger charge is -2.17. The molecule has 2 rings (SSSR count). The molecule has 0 fully saturated rings. The molecule has 7 heteroatoms. The second kappa shape index (κ2) is 8.14. The van der Waals surface area contributed by atoms with Gasteiger partial charge in [0.1, 0.15) is 18.2 Å². The van der Waals surface area contributed by atoms with Gasteiger partial charge in [-0.3, -0.25) is 0 Å². The van der Waals surface area contributed by atoms with Crippen LogP contribution in [0.5, 0.6) is 5.75 Å². The molecule has 0 unspecified atom stereocenters. The van der Waals surface area contributed by atoms with Crippen molar-refractivity contribution in [1.82, 2.24) is 10.2 Å². The topological polar surface area (TPSA) is 41.6 Å². The number of carbonyl (C=O) groups excluding carboxylic acids is 1. The van der Waals surface area contributed by atoms with E-state index in [4.69, 9.17) is 4.74 Å². The van der Waals surface area contributed by atoms with Crippen LogP contribution < -0.4 is 10.1 Å². The molecule has 0 saturated heterocycles. The van der Waals surface area contributed by atoms with Crippen molar-refractivity contribution in [3.05, 3.63) is 50.9 Å². The van der Waals surface area contributed by atoms with E-state index in [2.05, 4.69) is 21.2 Å². The minimum atomic E-state index is -0.344. The van der Waals surface area contributed by atoms with Gasteiger partial charge in [0.25, 0.3) is 0 Å². The highest BCUT2D eigenvalue weighted by atomic mass is 79.9. The van der Waals surface area contributed by atoms with Gasteiger partial charge in [0.15, 0.2) is 0 Å². The molecule has 118 valence electrons. The van der Waals surface area contributed by atoms with Crippen LogP contribution in [0.4, 0.5) is 9.18 Å². The third kappa shape index (κ3) is 5.31. The van der Waals surface area contributed by atoms with Gasteiger partial charge < -0.3 is 15.0 Å². The maximum atomic E-state index is 13.0. The molecule has 0 radical (unpaired) electrons. The number of benzene rings is 1. The lowest BCUT2D eigenvalue weighted by atomic mass is 10.3. The highest BCUT2D eigenvalue weighted by Gasteiger charge is 2.09. The summed E-state index contributed by atoms with van der Waals surface area (Å²) in [6, 6.07) is 9.67. The van der Waals surface area contributed by atoms with Crippen molar-refractivity contribution in [3.8, 4) is 5.75 Å². The second-order valence-electron chi connectivity index (χ2n) is 4.60. The Bertz CT molecular complexity index is 636. The molecule has 0 aliphatic heterocycles. The molecule has 1 aromatic carbocycles. The van der Waals surface area contributed by atoms with E-state index in [9.17, 15) is 9.18 Å². The van der Waals surface area contributed by atoms with E-state index >= 15 is 0 Å². The Morgan fingerprint density at radius 1 is 1.41 bits per heavy atom. The van der Waals surface area contributed by atoms with Gasteiger partial charge in [-0.1, -0.05) is 6.07 Å². The first-order valence-electron chi connectivity index (χ1n) is 6.66. The maximum Gasteiger partial charge on any atom is 0.317 e.